The van der Waals surface area contributed by atoms with Crippen LogP contribution in [0.2, 0.25) is 0 Å². The number of thioether (sulfide) groups is 1. The van der Waals surface area contributed by atoms with Crippen LogP contribution in [-0.4, -0.2) is 50.2 Å². The van der Waals surface area contributed by atoms with Crippen molar-refractivity contribution in [1.29, 1.82) is 0 Å². The Hall–Kier alpha value is -4.44. The zero-order valence-electron chi connectivity index (χ0n) is 24.8. The van der Waals surface area contributed by atoms with Crippen molar-refractivity contribution < 1.29 is 32.3 Å². The van der Waals surface area contributed by atoms with E-state index in [9.17, 15) is 27.6 Å². The van der Waals surface area contributed by atoms with Crippen molar-refractivity contribution >= 4 is 62.2 Å². The fourth-order valence-corrected chi connectivity index (χ4v) is 8.97. The minimum Gasteiger partial charge on any atom is -0.493 e. The molecule has 6 rings (SSSR count). The number of rotatable bonds is 8. The molecule has 0 radical (unpaired) electrons. The Morgan fingerprint density at radius 3 is 2.24 bits per heavy atom. The Morgan fingerprint density at radius 1 is 0.935 bits per heavy atom. The highest BCUT2D eigenvalue weighted by atomic mass is 32.2. The number of aromatic nitrogens is 1. The molecule has 0 saturated carbocycles. The smallest absolute Gasteiger partial charge is 0.308 e. The molecule has 15 heteroatoms. The summed E-state index contributed by atoms with van der Waals surface area (Å²) in [5.41, 5.74) is 2.38. The van der Waals surface area contributed by atoms with Crippen LogP contribution < -0.4 is 29.7 Å². The molecule has 46 heavy (non-hydrogen) atoms. The van der Waals surface area contributed by atoms with E-state index in [1.54, 1.807) is 30.3 Å². The zero-order valence-corrected chi connectivity index (χ0v) is 27.2. The van der Waals surface area contributed by atoms with Gasteiger partial charge in [0.25, 0.3) is 0 Å². The van der Waals surface area contributed by atoms with Gasteiger partial charge in [-0.2, -0.15) is 0 Å². The summed E-state index contributed by atoms with van der Waals surface area (Å²) < 4.78 is 35.4. The summed E-state index contributed by atoms with van der Waals surface area (Å²) in [6, 6.07) is 17.6. The van der Waals surface area contributed by atoms with Crippen LogP contribution in [0.15, 0.2) is 81.4 Å². The van der Waals surface area contributed by atoms with Gasteiger partial charge in [-0.15, -0.1) is 0 Å². The third-order valence-electron chi connectivity index (χ3n) is 7.88. The molecule has 12 nitrogen and oxygen atoms in total. The minimum absolute atomic E-state index is 0.115. The van der Waals surface area contributed by atoms with Gasteiger partial charge in [-0.1, -0.05) is 46.9 Å². The predicted molar refractivity (Wildman–Crippen MR) is 173 cm³/mol. The molecule has 1 fully saturated rings. The molecule has 2 aliphatic heterocycles. The van der Waals surface area contributed by atoms with Crippen LogP contribution in [0.1, 0.15) is 21.9 Å². The first-order valence-corrected chi connectivity index (χ1v) is 17.1. The van der Waals surface area contributed by atoms with Gasteiger partial charge in [-0.05, 0) is 61.0 Å². The van der Waals surface area contributed by atoms with E-state index in [0.717, 1.165) is 28.7 Å². The molecule has 3 atom stereocenters. The summed E-state index contributed by atoms with van der Waals surface area (Å²) in [5.74, 6) is -1.98. The molecular formula is C31H28N4O8S3. The summed E-state index contributed by atoms with van der Waals surface area (Å²) in [7, 11) is -0.912. The molecule has 238 valence electrons. The van der Waals surface area contributed by atoms with Crippen LogP contribution in [0.25, 0.3) is 0 Å². The second kappa shape index (κ2) is 12.1. The maximum atomic E-state index is 14.1. The number of hydrogen-bond donors (Lipinski definition) is 2. The number of fused-ring (bicyclic) bond motifs is 2. The van der Waals surface area contributed by atoms with Crippen LogP contribution in [0.4, 0.5) is 11.4 Å². The first-order valence-electron chi connectivity index (χ1n) is 13.9. The van der Waals surface area contributed by atoms with E-state index >= 15 is 0 Å². The van der Waals surface area contributed by atoms with E-state index in [4.69, 9.17) is 14.6 Å². The topological polar surface area (TPSA) is 167 Å². The molecular weight excluding hydrogens is 653 g/mol. The second-order valence-corrected chi connectivity index (χ2v) is 14.4. The van der Waals surface area contributed by atoms with Crippen LogP contribution >= 0.6 is 23.1 Å². The van der Waals surface area contributed by atoms with Crippen LogP contribution in [0.5, 0.6) is 11.5 Å². The van der Waals surface area contributed by atoms with Gasteiger partial charge >= 0.3 is 4.87 Å². The fourth-order valence-electron chi connectivity index (χ4n) is 5.68. The summed E-state index contributed by atoms with van der Waals surface area (Å²) in [6.45, 7) is 1.53. The average Bonchev–Trinajstić information content (AvgIpc) is 3.47. The number of nitrogens with one attached hydrogen (secondary N) is 1. The number of benzene rings is 3. The maximum absolute atomic E-state index is 14.1. The number of nitrogens with two attached hydrogens (primary N) is 1. The van der Waals surface area contributed by atoms with Gasteiger partial charge < -0.3 is 14.8 Å². The number of anilines is 2. The van der Waals surface area contributed by atoms with E-state index in [2.05, 4.69) is 5.32 Å². The Kier molecular flexibility index (Phi) is 8.27. The first kappa shape index (κ1) is 31.5. The molecule has 2 aliphatic rings. The third kappa shape index (κ3) is 5.59. The van der Waals surface area contributed by atoms with Crippen LogP contribution in [-0.2, 0) is 31.0 Å². The largest absolute Gasteiger partial charge is 0.493 e. The van der Waals surface area contributed by atoms with Gasteiger partial charge in [0.05, 0.1) is 35.7 Å². The summed E-state index contributed by atoms with van der Waals surface area (Å²) >= 11 is 2.02. The standard InChI is InChI=1S/C31H28N4O8S3/c1-16-4-9-19(10-5-16)35-28(37)25-24(17-6-13-21(42-2)22(14-17)43-3)27-30(44-26(25)29(35)38)34(31(39)45-27)15-23(36)33-18-7-11-20(12-8-18)46(32,40)41/h4-14,24-26H,15H2,1-3H3,(H,33,36)(H2,32,40,41)/t24-,25-,26+/m0/s1. The molecule has 3 aromatic carbocycles. The Balaban J connectivity index is 1.40. The van der Waals surface area contributed by atoms with E-state index in [1.165, 1.54) is 48.0 Å². The number of carbonyl (C=O) groups excluding carboxylic acids is 3. The van der Waals surface area contributed by atoms with Crippen molar-refractivity contribution in [2.24, 2.45) is 11.1 Å². The van der Waals surface area contributed by atoms with Crippen molar-refractivity contribution in [1.82, 2.24) is 4.57 Å². The lowest BCUT2D eigenvalue weighted by Gasteiger charge is -2.31. The number of nitrogens with zero attached hydrogens (tertiary/aromatic N) is 2. The summed E-state index contributed by atoms with van der Waals surface area (Å²) in [6.07, 6.45) is 0. The Morgan fingerprint density at radius 2 is 1.61 bits per heavy atom. The predicted octanol–water partition coefficient (Wildman–Crippen LogP) is 3.32. The normalized spacial score (nSPS) is 19.0. The van der Waals surface area contributed by atoms with Crippen molar-refractivity contribution in [2.45, 2.75) is 34.6 Å². The number of amides is 3. The number of sulfonamides is 1. The van der Waals surface area contributed by atoms with Gasteiger partial charge in [0.1, 0.15) is 11.8 Å². The van der Waals surface area contributed by atoms with Gasteiger partial charge in [-0.3, -0.25) is 23.7 Å². The Labute approximate surface area is 272 Å². The summed E-state index contributed by atoms with van der Waals surface area (Å²) in [5, 5.41) is 7.36. The van der Waals surface area contributed by atoms with E-state index in [-0.39, 0.29) is 17.3 Å². The zero-order chi connectivity index (χ0) is 32.9. The monoisotopic (exact) mass is 680 g/mol. The van der Waals surface area contributed by atoms with Crippen LogP contribution in [0, 0.1) is 12.8 Å². The van der Waals surface area contributed by atoms with E-state index in [0.29, 0.717) is 38.3 Å². The molecule has 3 N–H and O–H groups in total. The van der Waals surface area contributed by atoms with Crippen molar-refractivity contribution in [3.05, 3.63) is 92.4 Å². The van der Waals surface area contributed by atoms with Crippen LogP contribution in [0.3, 0.4) is 0 Å². The molecule has 1 saturated heterocycles. The molecule has 4 aromatic rings. The lowest BCUT2D eigenvalue weighted by molar-refractivity contribution is -0.122. The van der Waals surface area contributed by atoms with Gasteiger partial charge in [0, 0.05) is 16.5 Å². The van der Waals surface area contributed by atoms with E-state index in [1.807, 2.05) is 19.1 Å². The Bertz CT molecular complexity index is 2040. The van der Waals surface area contributed by atoms with Crippen molar-refractivity contribution in [2.75, 3.05) is 24.4 Å². The van der Waals surface area contributed by atoms with Gasteiger partial charge in [-0.25, -0.2) is 18.5 Å². The highest BCUT2D eigenvalue weighted by Crippen LogP contribution is 2.54. The molecule has 0 aliphatic carbocycles. The third-order valence-corrected chi connectivity index (χ3v) is 11.4. The second-order valence-electron chi connectivity index (χ2n) is 10.7. The lowest BCUT2D eigenvalue weighted by Crippen LogP contribution is -2.33. The average molecular weight is 681 g/mol. The first-order chi connectivity index (χ1) is 21.9. The van der Waals surface area contributed by atoms with Gasteiger partial charge in [0.15, 0.2) is 11.5 Å². The highest BCUT2D eigenvalue weighted by Gasteiger charge is 2.57. The minimum atomic E-state index is -3.91. The number of carbonyl (C=O) groups is 3. The lowest BCUT2D eigenvalue weighted by atomic mass is 9.83. The quantitative estimate of drug-likeness (QED) is 0.266. The van der Waals surface area contributed by atoms with Gasteiger partial charge in [0.2, 0.25) is 27.7 Å². The maximum Gasteiger partial charge on any atom is 0.308 e. The molecule has 0 spiro atoms. The fraction of sp³-hybridized carbons (Fsp3) is 0.226. The number of hydrogen-bond acceptors (Lipinski definition) is 10. The SMILES string of the molecule is COc1ccc([C@@H]2c3sc(=O)n(CC(=O)Nc4ccc(S(N)(=O)=O)cc4)c3S[C@H]3C(=O)N(c4ccc(C)cc4)C(=O)[C@@H]23)cc1OC. The highest BCUT2D eigenvalue weighted by molar-refractivity contribution is 8.00. The molecule has 3 amide bonds. The number of imide groups is 1. The van der Waals surface area contributed by atoms with Crippen molar-refractivity contribution in [3.63, 3.8) is 0 Å². The number of methoxy groups -OCH3 is 2. The molecule has 3 heterocycles. The van der Waals surface area contributed by atoms with E-state index < -0.39 is 43.8 Å². The van der Waals surface area contributed by atoms with Crippen molar-refractivity contribution in [3.8, 4) is 11.5 Å². The summed E-state index contributed by atoms with van der Waals surface area (Å²) in [4.78, 5) is 55.8. The molecule has 0 unspecified atom stereocenters. The number of ether oxygens (including phenoxy) is 2. The molecule has 1 aromatic heterocycles. The molecule has 0 bridgehead atoms. The number of thiazole rings is 1. The number of primary sulfonamides is 1. The number of aryl methyl sites for hydroxylation is 1.